The summed E-state index contributed by atoms with van der Waals surface area (Å²) in [5, 5.41) is 4.49. The zero-order chi connectivity index (χ0) is 13.3. The predicted molar refractivity (Wildman–Crippen MR) is 80.1 cm³/mol. The summed E-state index contributed by atoms with van der Waals surface area (Å²) in [6.45, 7) is 3.99. The van der Waals surface area contributed by atoms with E-state index in [4.69, 9.17) is 28.9 Å². The number of hydrogen-bond donors (Lipinski definition) is 2. The molecule has 4 heteroatoms. The molecule has 0 bridgehead atoms. The molecule has 0 amide bonds. The van der Waals surface area contributed by atoms with Gasteiger partial charge in [0, 0.05) is 5.69 Å². The van der Waals surface area contributed by atoms with E-state index < -0.39 is 0 Å². The van der Waals surface area contributed by atoms with Crippen LogP contribution < -0.4 is 11.1 Å². The Balaban J connectivity index is 2.40. The van der Waals surface area contributed by atoms with Gasteiger partial charge >= 0.3 is 0 Å². The average Bonchev–Trinajstić information content (AvgIpc) is 2.30. The van der Waals surface area contributed by atoms with Crippen molar-refractivity contribution in [2.45, 2.75) is 13.8 Å². The molecule has 0 heterocycles. The summed E-state index contributed by atoms with van der Waals surface area (Å²) in [6, 6.07) is 9.48. The van der Waals surface area contributed by atoms with Crippen LogP contribution in [-0.4, -0.2) is 0 Å². The maximum atomic E-state index is 6.15. The molecule has 0 radical (unpaired) electrons. The van der Waals surface area contributed by atoms with Crippen LogP contribution in [0.4, 0.5) is 17.1 Å². The molecule has 3 N–H and O–H groups in total. The Morgan fingerprint density at radius 2 is 1.67 bits per heavy atom. The largest absolute Gasteiger partial charge is 0.398 e. The van der Waals surface area contributed by atoms with E-state index >= 15 is 0 Å². The molecule has 2 aromatic carbocycles. The Morgan fingerprint density at radius 1 is 0.944 bits per heavy atom. The van der Waals surface area contributed by atoms with Gasteiger partial charge in [-0.05, 0) is 49.2 Å². The summed E-state index contributed by atoms with van der Waals surface area (Å²) in [4.78, 5) is 0. The Labute approximate surface area is 117 Å². The molecule has 0 aliphatic rings. The quantitative estimate of drug-likeness (QED) is 0.765. The van der Waals surface area contributed by atoms with Gasteiger partial charge in [0.25, 0.3) is 0 Å². The molecule has 0 aromatic heterocycles. The fourth-order valence-electron chi connectivity index (χ4n) is 1.72. The Morgan fingerprint density at radius 3 is 2.39 bits per heavy atom. The first-order valence-corrected chi connectivity index (χ1v) is 6.32. The molecule has 2 rings (SSSR count). The fourth-order valence-corrected chi connectivity index (χ4v) is 2.05. The van der Waals surface area contributed by atoms with Crippen LogP contribution in [-0.2, 0) is 0 Å². The number of nitrogen functional groups attached to an aromatic ring is 1. The Hall–Kier alpha value is -1.38. The highest BCUT2D eigenvalue weighted by molar-refractivity contribution is 6.34. The van der Waals surface area contributed by atoms with Gasteiger partial charge in [0.2, 0.25) is 0 Å². The summed E-state index contributed by atoms with van der Waals surface area (Å²) in [7, 11) is 0. The van der Waals surface area contributed by atoms with E-state index in [9.17, 15) is 0 Å². The fraction of sp³-hybridized carbons (Fsp3) is 0.143. The molecule has 0 aliphatic carbocycles. The third kappa shape index (κ3) is 2.71. The number of hydrogen-bond acceptors (Lipinski definition) is 2. The first-order valence-electron chi connectivity index (χ1n) is 5.56. The lowest BCUT2D eigenvalue weighted by Crippen LogP contribution is -1.96. The molecule has 2 nitrogen and oxygen atoms in total. The number of halogens is 2. The number of nitrogens with two attached hydrogens (primary N) is 1. The monoisotopic (exact) mass is 280 g/mol. The van der Waals surface area contributed by atoms with Gasteiger partial charge in [-0.15, -0.1) is 0 Å². The number of anilines is 3. The summed E-state index contributed by atoms with van der Waals surface area (Å²) >= 11 is 12.2. The molecular weight excluding hydrogens is 267 g/mol. The summed E-state index contributed by atoms with van der Waals surface area (Å²) < 4.78 is 0. The van der Waals surface area contributed by atoms with Crippen LogP contribution in [0.1, 0.15) is 11.1 Å². The smallest absolute Gasteiger partial charge is 0.0656 e. The van der Waals surface area contributed by atoms with Gasteiger partial charge in [-0.1, -0.05) is 29.3 Å². The van der Waals surface area contributed by atoms with Crippen molar-refractivity contribution in [3.05, 3.63) is 51.5 Å². The van der Waals surface area contributed by atoms with Crippen LogP contribution in [0, 0.1) is 13.8 Å². The lowest BCUT2D eigenvalue weighted by Gasteiger charge is -2.13. The number of rotatable bonds is 2. The molecule has 2 aromatic rings. The van der Waals surface area contributed by atoms with Crippen molar-refractivity contribution in [3.63, 3.8) is 0 Å². The molecule has 0 atom stereocenters. The van der Waals surface area contributed by atoms with Gasteiger partial charge in [-0.25, -0.2) is 0 Å². The van der Waals surface area contributed by atoms with E-state index in [0.29, 0.717) is 15.7 Å². The highest BCUT2D eigenvalue weighted by Gasteiger charge is 2.06. The SMILES string of the molecule is Cc1ccc(Cl)c(Nc2cc(Cl)c(N)cc2C)c1. The van der Waals surface area contributed by atoms with Crippen LogP contribution in [0.3, 0.4) is 0 Å². The van der Waals surface area contributed by atoms with Crippen LogP contribution in [0.15, 0.2) is 30.3 Å². The van der Waals surface area contributed by atoms with Crippen molar-refractivity contribution in [1.82, 2.24) is 0 Å². The minimum atomic E-state index is 0.534. The lowest BCUT2D eigenvalue weighted by molar-refractivity contribution is 1.41. The summed E-state index contributed by atoms with van der Waals surface area (Å²) in [6.07, 6.45) is 0. The van der Waals surface area contributed by atoms with E-state index in [1.165, 1.54) is 0 Å². The molecule has 0 fully saturated rings. The minimum absolute atomic E-state index is 0.534. The third-order valence-corrected chi connectivity index (χ3v) is 3.39. The molecule has 0 saturated heterocycles. The Bertz CT molecular complexity index is 595. The van der Waals surface area contributed by atoms with Gasteiger partial charge in [0.05, 0.1) is 21.4 Å². The molecule has 0 spiro atoms. The van der Waals surface area contributed by atoms with Crippen molar-refractivity contribution < 1.29 is 0 Å². The second-order valence-electron chi connectivity index (χ2n) is 4.30. The molecule has 0 aliphatic heterocycles. The van der Waals surface area contributed by atoms with Gasteiger partial charge < -0.3 is 11.1 Å². The van der Waals surface area contributed by atoms with Gasteiger partial charge in [-0.3, -0.25) is 0 Å². The second-order valence-corrected chi connectivity index (χ2v) is 5.11. The van der Waals surface area contributed by atoms with Gasteiger partial charge in [-0.2, -0.15) is 0 Å². The van der Waals surface area contributed by atoms with Crippen LogP contribution in [0.25, 0.3) is 0 Å². The van der Waals surface area contributed by atoms with Crippen LogP contribution in [0.5, 0.6) is 0 Å². The number of aryl methyl sites for hydroxylation is 2. The molecular formula is C14H14Cl2N2. The molecule has 94 valence electrons. The highest BCUT2D eigenvalue weighted by Crippen LogP contribution is 2.31. The predicted octanol–water partition coefficient (Wildman–Crippen LogP) is 4.94. The zero-order valence-electron chi connectivity index (χ0n) is 10.2. The van der Waals surface area contributed by atoms with E-state index in [1.54, 1.807) is 0 Å². The second kappa shape index (κ2) is 5.09. The topological polar surface area (TPSA) is 38.0 Å². The van der Waals surface area contributed by atoms with E-state index in [1.807, 2.05) is 44.2 Å². The standard InChI is InChI=1S/C14H14Cl2N2/c1-8-3-4-10(15)14(5-8)18-13-7-11(16)12(17)6-9(13)2/h3-7,18H,17H2,1-2H3. The maximum Gasteiger partial charge on any atom is 0.0656 e. The van der Waals surface area contributed by atoms with Crippen LogP contribution in [0.2, 0.25) is 10.0 Å². The van der Waals surface area contributed by atoms with E-state index in [2.05, 4.69) is 5.32 Å². The van der Waals surface area contributed by atoms with Crippen molar-refractivity contribution in [1.29, 1.82) is 0 Å². The third-order valence-electron chi connectivity index (χ3n) is 2.73. The van der Waals surface area contributed by atoms with Crippen molar-refractivity contribution in [2.75, 3.05) is 11.1 Å². The highest BCUT2D eigenvalue weighted by atomic mass is 35.5. The van der Waals surface area contributed by atoms with Crippen LogP contribution >= 0.6 is 23.2 Å². The average molecular weight is 281 g/mol. The zero-order valence-corrected chi connectivity index (χ0v) is 11.7. The Kier molecular flexibility index (Phi) is 3.69. The van der Waals surface area contributed by atoms with Crippen molar-refractivity contribution >= 4 is 40.3 Å². The first-order chi connectivity index (χ1) is 8.47. The normalized spacial score (nSPS) is 10.4. The first kappa shape index (κ1) is 13.1. The number of nitrogens with one attached hydrogen (secondary N) is 1. The molecule has 0 saturated carbocycles. The van der Waals surface area contributed by atoms with E-state index in [0.717, 1.165) is 22.5 Å². The van der Waals surface area contributed by atoms with Crippen molar-refractivity contribution in [2.24, 2.45) is 0 Å². The van der Waals surface area contributed by atoms with Gasteiger partial charge in [0.15, 0.2) is 0 Å². The maximum absolute atomic E-state index is 6.15. The minimum Gasteiger partial charge on any atom is -0.398 e. The lowest BCUT2D eigenvalue weighted by atomic mass is 10.1. The van der Waals surface area contributed by atoms with E-state index in [-0.39, 0.29) is 0 Å². The van der Waals surface area contributed by atoms with Gasteiger partial charge in [0.1, 0.15) is 0 Å². The summed E-state index contributed by atoms with van der Waals surface area (Å²) in [5.41, 5.74) is 10.3. The number of benzene rings is 2. The molecule has 0 unspecified atom stereocenters. The summed E-state index contributed by atoms with van der Waals surface area (Å²) in [5.74, 6) is 0. The van der Waals surface area contributed by atoms with Crippen molar-refractivity contribution in [3.8, 4) is 0 Å². The molecule has 18 heavy (non-hydrogen) atoms.